The second-order valence-corrected chi connectivity index (χ2v) is 10.4. The maximum absolute atomic E-state index is 13.4. The van der Waals surface area contributed by atoms with E-state index in [4.69, 9.17) is 10.5 Å². The van der Waals surface area contributed by atoms with Gasteiger partial charge in [-0.15, -0.1) is 11.3 Å². The summed E-state index contributed by atoms with van der Waals surface area (Å²) < 4.78 is 9.30. The summed E-state index contributed by atoms with van der Waals surface area (Å²) in [7, 11) is 0. The van der Waals surface area contributed by atoms with E-state index in [-0.39, 0.29) is 29.1 Å². The molecule has 0 radical (unpaired) electrons. The van der Waals surface area contributed by atoms with Crippen molar-refractivity contribution in [1.29, 1.82) is 5.26 Å². The largest absolute Gasteiger partial charge is 0.463 e. The van der Waals surface area contributed by atoms with Crippen molar-refractivity contribution in [3.05, 3.63) is 91.9 Å². The van der Waals surface area contributed by atoms with Crippen molar-refractivity contribution >= 4 is 80.0 Å². The van der Waals surface area contributed by atoms with Crippen LogP contribution in [0.15, 0.2) is 58.9 Å². The van der Waals surface area contributed by atoms with E-state index in [1.807, 2.05) is 48.5 Å². The van der Waals surface area contributed by atoms with Crippen LogP contribution in [0.4, 0.5) is 0 Å². The number of hydrogen-bond acceptors (Lipinski definition) is 6. The van der Waals surface area contributed by atoms with Gasteiger partial charge in [0.05, 0.1) is 34.3 Å². The van der Waals surface area contributed by atoms with Crippen LogP contribution in [-0.4, -0.2) is 17.1 Å². The lowest BCUT2D eigenvalue weighted by molar-refractivity contribution is -0.136. The van der Waals surface area contributed by atoms with E-state index in [9.17, 15) is 14.9 Å². The van der Waals surface area contributed by atoms with Gasteiger partial charge in [0, 0.05) is 7.14 Å². The lowest BCUT2D eigenvalue weighted by atomic mass is 9.84. The fourth-order valence-corrected chi connectivity index (χ4v) is 6.11. The Morgan fingerprint density at radius 3 is 2.52 bits per heavy atom. The number of carbonyl (C=O) groups excluding carboxylic acids is 1. The molecule has 2 heterocycles. The summed E-state index contributed by atoms with van der Waals surface area (Å²) >= 11 is 5.55. The smallest absolute Gasteiger partial charge is 0.338 e. The number of halogens is 2. The first-order valence-electron chi connectivity index (χ1n) is 9.93. The molecule has 0 saturated carbocycles. The number of nitrogens with zero attached hydrogens (tertiary/aromatic N) is 2. The normalized spacial score (nSPS) is 15.9. The summed E-state index contributed by atoms with van der Waals surface area (Å²) in [4.78, 5) is 26.6. The molecule has 0 amide bonds. The Morgan fingerprint density at radius 1 is 1.21 bits per heavy atom. The minimum Gasteiger partial charge on any atom is -0.463 e. The van der Waals surface area contributed by atoms with Crippen LogP contribution < -0.4 is 20.5 Å². The highest BCUT2D eigenvalue weighted by molar-refractivity contribution is 14.1. The van der Waals surface area contributed by atoms with E-state index in [1.54, 1.807) is 13.0 Å². The molecular formula is C24H17I2N3O3S. The Labute approximate surface area is 221 Å². The van der Waals surface area contributed by atoms with E-state index >= 15 is 0 Å². The van der Waals surface area contributed by atoms with Crippen LogP contribution in [0.2, 0.25) is 0 Å². The zero-order valence-electron chi connectivity index (χ0n) is 17.3. The molecule has 0 aliphatic carbocycles. The van der Waals surface area contributed by atoms with Crippen molar-refractivity contribution in [3.63, 3.8) is 0 Å². The van der Waals surface area contributed by atoms with Crippen molar-refractivity contribution in [3.8, 4) is 6.07 Å². The van der Waals surface area contributed by atoms with Crippen LogP contribution in [0.5, 0.6) is 0 Å². The molecule has 33 heavy (non-hydrogen) atoms. The SMILES string of the molecule is CCOC(=O)C1=c2s/c(=C\c3ccccc3I)c(=O)n2C(N)=C(C#N)[C@H]1c1ccccc1I. The van der Waals surface area contributed by atoms with Gasteiger partial charge in [-0.3, -0.25) is 9.36 Å². The molecule has 2 N–H and O–H groups in total. The van der Waals surface area contributed by atoms with Crippen molar-refractivity contribution < 1.29 is 9.53 Å². The van der Waals surface area contributed by atoms with E-state index in [0.717, 1.165) is 18.3 Å². The molecule has 166 valence electrons. The van der Waals surface area contributed by atoms with Crippen LogP contribution in [-0.2, 0) is 9.53 Å². The number of ether oxygens (including phenoxy) is 1. The summed E-state index contributed by atoms with van der Waals surface area (Å²) in [5, 5.41) is 10.0. The monoisotopic (exact) mass is 681 g/mol. The van der Waals surface area contributed by atoms with Crippen LogP contribution in [0.1, 0.15) is 24.0 Å². The number of allylic oxidation sites excluding steroid dienone is 1. The molecule has 1 atom stereocenters. The number of fused-ring (bicyclic) bond motifs is 1. The van der Waals surface area contributed by atoms with Gasteiger partial charge in [0.2, 0.25) is 0 Å². The molecule has 0 spiro atoms. The maximum Gasteiger partial charge on any atom is 0.338 e. The van der Waals surface area contributed by atoms with Crippen molar-refractivity contribution in [2.75, 3.05) is 6.61 Å². The van der Waals surface area contributed by atoms with E-state index in [2.05, 4.69) is 51.3 Å². The molecule has 3 aromatic rings. The van der Waals surface area contributed by atoms with Gasteiger partial charge in [-0.25, -0.2) is 4.79 Å². The summed E-state index contributed by atoms with van der Waals surface area (Å²) in [5.74, 6) is -1.27. The Morgan fingerprint density at radius 2 is 1.88 bits per heavy atom. The van der Waals surface area contributed by atoms with Crippen LogP contribution >= 0.6 is 56.5 Å². The molecule has 1 aromatic heterocycles. The molecule has 9 heteroatoms. The Kier molecular flexibility index (Phi) is 7.06. The highest BCUT2D eigenvalue weighted by atomic mass is 127. The first-order valence-corrected chi connectivity index (χ1v) is 12.9. The van der Waals surface area contributed by atoms with E-state index in [0.29, 0.717) is 9.20 Å². The predicted octanol–water partition coefficient (Wildman–Crippen LogP) is 3.11. The van der Waals surface area contributed by atoms with Crippen LogP contribution in [0.25, 0.3) is 17.5 Å². The van der Waals surface area contributed by atoms with Gasteiger partial charge in [0.1, 0.15) is 10.5 Å². The third-order valence-corrected chi connectivity index (χ3v) is 8.25. The first-order chi connectivity index (χ1) is 15.9. The average Bonchev–Trinajstić information content (AvgIpc) is 3.11. The number of carbonyl (C=O) groups is 1. The fourth-order valence-electron chi connectivity index (χ4n) is 3.71. The Balaban J connectivity index is 2.14. The van der Waals surface area contributed by atoms with Gasteiger partial charge in [-0.1, -0.05) is 36.4 Å². The van der Waals surface area contributed by atoms with Gasteiger partial charge in [-0.2, -0.15) is 5.26 Å². The average molecular weight is 681 g/mol. The molecule has 2 aromatic carbocycles. The van der Waals surface area contributed by atoms with Gasteiger partial charge in [0.25, 0.3) is 5.56 Å². The number of hydrogen-bond donors (Lipinski definition) is 1. The fraction of sp³-hybridized carbons (Fsp3) is 0.125. The Hall–Kier alpha value is -2.43. The number of nitriles is 1. The van der Waals surface area contributed by atoms with Gasteiger partial charge >= 0.3 is 5.97 Å². The van der Waals surface area contributed by atoms with Gasteiger partial charge in [0.15, 0.2) is 0 Å². The Bertz CT molecular complexity index is 1530. The quantitative estimate of drug-likeness (QED) is 0.338. The van der Waals surface area contributed by atoms with Crippen molar-refractivity contribution in [2.45, 2.75) is 12.8 Å². The molecule has 0 unspecified atom stereocenters. The van der Waals surface area contributed by atoms with Gasteiger partial charge < -0.3 is 10.5 Å². The molecule has 0 saturated heterocycles. The number of aromatic nitrogens is 1. The maximum atomic E-state index is 13.4. The molecule has 0 fully saturated rings. The summed E-state index contributed by atoms with van der Waals surface area (Å²) in [6, 6.07) is 17.3. The molecule has 1 aliphatic heterocycles. The number of thiazole rings is 1. The minimum atomic E-state index is -0.732. The van der Waals surface area contributed by atoms with Crippen molar-refractivity contribution in [2.24, 2.45) is 5.73 Å². The van der Waals surface area contributed by atoms with Crippen molar-refractivity contribution in [1.82, 2.24) is 4.57 Å². The number of esters is 1. The predicted molar refractivity (Wildman–Crippen MR) is 146 cm³/mol. The molecule has 0 bridgehead atoms. The van der Waals surface area contributed by atoms with Crippen LogP contribution in [0, 0.1) is 18.5 Å². The lowest BCUT2D eigenvalue weighted by Crippen LogP contribution is -2.40. The zero-order valence-corrected chi connectivity index (χ0v) is 22.5. The molecule has 4 rings (SSSR count). The number of nitrogens with two attached hydrogens (primary N) is 1. The standard InChI is InChI=1S/C24H17I2N3O3S/c1-2-32-24(31)20-19(14-8-4-6-10-17(14)26)15(12-27)21(28)29-22(30)18(33-23(20)29)11-13-7-3-5-9-16(13)25/h3-11,19H,2,28H2,1H3/b18-11-/t19-/m1/s1. The molecule has 6 nitrogen and oxygen atoms in total. The minimum absolute atomic E-state index is 0.0360. The van der Waals surface area contributed by atoms with E-state index < -0.39 is 11.9 Å². The topological polar surface area (TPSA) is 98.1 Å². The highest BCUT2D eigenvalue weighted by Crippen LogP contribution is 2.38. The lowest BCUT2D eigenvalue weighted by Gasteiger charge is -2.25. The third kappa shape index (κ3) is 4.27. The highest BCUT2D eigenvalue weighted by Gasteiger charge is 2.37. The molecule has 1 aliphatic rings. The van der Waals surface area contributed by atoms with Crippen LogP contribution in [0.3, 0.4) is 0 Å². The van der Waals surface area contributed by atoms with Gasteiger partial charge in [-0.05, 0) is 81.4 Å². The van der Waals surface area contributed by atoms with E-state index in [1.165, 1.54) is 15.9 Å². The first kappa shape index (κ1) is 23.7. The zero-order chi connectivity index (χ0) is 23.7. The second-order valence-electron chi connectivity index (χ2n) is 7.08. The summed E-state index contributed by atoms with van der Waals surface area (Å²) in [5.41, 5.74) is 8.06. The summed E-state index contributed by atoms with van der Waals surface area (Å²) in [6.45, 7) is 1.88. The number of benzene rings is 2. The third-order valence-electron chi connectivity index (χ3n) is 5.17. The second kappa shape index (κ2) is 9.82. The number of rotatable bonds is 4. The molecular weight excluding hydrogens is 664 g/mol. The summed E-state index contributed by atoms with van der Waals surface area (Å²) in [6.07, 6.45) is 1.78.